The van der Waals surface area contributed by atoms with Crippen molar-refractivity contribution in [3.63, 3.8) is 0 Å². The lowest BCUT2D eigenvalue weighted by Crippen LogP contribution is -2.30. The van der Waals surface area contributed by atoms with E-state index in [1.165, 1.54) is 0 Å². The van der Waals surface area contributed by atoms with Gasteiger partial charge in [0.1, 0.15) is 5.76 Å². The van der Waals surface area contributed by atoms with Crippen LogP contribution in [0.15, 0.2) is 47.1 Å². The molecule has 1 saturated carbocycles. The Kier molecular flexibility index (Phi) is 4.95. The molecule has 3 aromatic rings. The standard InChI is InChI=1S/C25H23NO4/c27-21-12-3-4-13-22(21)30-25(28)23-18-9-1-2-11-20(18)26-24-16(7-5-10-19(23)24)15-17-8-6-14-29-17/h1-2,6,8-9,11,14-15,22H,3-5,7,10,12-13H2/t22-/m0/s1. The summed E-state index contributed by atoms with van der Waals surface area (Å²) in [5.41, 5.74) is 4.11. The Hall–Kier alpha value is -3.21. The Bertz CT molecular complexity index is 1140. The van der Waals surface area contributed by atoms with Crippen LogP contribution in [0.5, 0.6) is 0 Å². The number of hydrogen-bond donors (Lipinski definition) is 0. The predicted molar refractivity (Wildman–Crippen MR) is 114 cm³/mol. The highest BCUT2D eigenvalue weighted by atomic mass is 16.5. The summed E-state index contributed by atoms with van der Waals surface area (Å²) in [5, 5.41) is 0.781. The van der Waals surface area contributed by atoms with E-state index in [2.05, 4.69) is 0 Å². The minimum Gasteiger partial charge on any atom is -0.465 e. The molecule has 0 N–H and O–H groups in total. The van der Waals surface area contributed by atoms with Crippen molar-refractivity contribution in [2.45, 2.75) is 51.0 Å². The number of carbonyl (C=O) groups is 2. The number of fused-ring (bicyclic) bond motifs is 2. The van der Waals surface area contributed by atoms with Gasteiger partial charge in [0.15, 0.2) is 11.9 Å². The first-order chi connectivity index (χ1) is 14.7. The maximum atomic E-state index is 13.3. The van der Waals surface area contributed by atoms with Crippen molar-refractivity contribution in [1.82, 2.24) is 4.98 Å². The fourth-order valence-electron chi connectivity index (χ4n) is 4.52. The second kappa shape index (κ2) is 7.90. The van der Waals surface area contributed by atoms with Gasteiger partial charge in [0.25, 0.3) is 0 Å². The quantitative estimate of drug-likeness (QED) is 0.552. The fraction of sp³-hybridized carbons (Fsp3) is 0.320. The fourth-order valence-corrected chi connectivity index (χ4v) is 4.52. The zero-order chi connectivity index (χ0) is 20.5. The molecule has 2 aliphatic carbocycles. The number of nitrogens with zero attached hydrogens (tertiary/aromatic N) is 1. The monoisotopic (exact) mass is 401 g/mol. The number of rotatable bonds is 3. The van der Waals surface area contributed by atoms with Crippen molar-refractivity contribution in [3.8, 4) is 0 Å². The highest BCUT2D eigenvalue weighted by Crippen LogP contribution is 2.36. The van der Waals surface area contributed by atoms with Crippen LogP contribution in [0.3, 0.4) is 0 Å². The lowest BCUT2D eigenvalue weighted by atomic mass is 9.86. The van der Waals surface area contributed by atoms with Gasteiger partial charge in [-0.25, -0.2) is 9.78 Å². The van der Waals surface area contributed by atoms with Gasteiger partial charge in [-0.3, -0.25) is 4.79 Å². The molecule has 0 aliphatic heterocycles. The Morgan fingerprint density at radius 2 is 1.97 bits per heavy atom. The van der Waals surface area contributed by atoms with E-state index in [4.69, 9.17) is 14.1 Å². The Morgan fingerprint density at radius 3 is 2.80 bits per heavy atom. The Balaban J connectivity index is 1.62. The number of furan rings is 1. The van der Waals surface area contributed by atoms with E-state index >= 15 is 0 Å². The van der Waals surface area contributed by atoms with Crippen LogP contribution < -0.4 is 0 Å². The zero-order valence-electron chi connectivity index (χ0n) is 16.7. The number of carbonyl (C=O) groups excluding carboxylic acids is 2. The van der Waals surface area contributed by atoms with Gasteiger partial charge in [0.2, 0.25) is 0 Å². The predicted octanol–water partition coefficient (Wildman–Crippen LogP) is 5.37. The first kappa shape index (κ1) is 18.8. The minimum atomic E-state index is -0.629. The highest BCUT2D eigenvalue weighted by Gasteiger charge is 2.30. The lowest BCUT2D eigenvalue weighted by molar-refractivity contribution is -0.129. The molecule has 152 valence electrons. The second-order valence-corrected chi connectivity index (χ2v) is 7.98. The number of ether oxygens (including phenoxy) is 1. The molecule has 0 saturated heterocycles. The van der Waals surface area contributed by atoms with Crippen LogP contribution in [0.2, 0.25) is 0 Å². The van der Waals surface area contributed by atoms with Gasteiger partial charge in [0.05, 0.1) is 23.0 Å². The van der Waals surface area contributed by atoms with Crippen LogP contribution in [0.1, 0.15) is 65.9 Å². The smallest absolute Gasteiger partial charge is 0.339 e. The van der Waals surface area contributed by atoms with Gasteiger partial charge in [-0.2, -0.15) is 0 Å². The summed E-state index contributed by atoms with van der Waals surface area (Å²) in [6, 6.07) is 11.4. The summed E-state index contributed by atoms with van der Waals surface area (Å²) in [6.07, 6.45) is 8.45. The number of allylic oxidation sites excluding steroid dienone is 1. The molecule has 30 heavy (non-hydrogen) atoms. The van der Waals surface area contributed by atoms with Gasteiger partial charge in [-0.1, -0.05) is 18.2 Å². The van der Waals surface area contributed by atoms with Crippen molar-refractivity contribution in [3.05, 3.63) is 65.2 Å². The number of ketones is 1. The summed E-state index contributed by atoms with van der Waals surface area (Å²) < 4.78 is 11.2. The molecule has 2 aliphatic rings. The average Bonchev–Trinajstić information content (AvgIpc) is 3.27. The van der Waals surface area contributed by atoms with Crippen molar-refractivity contribution in [1.29, 1.82) is 0 Å². The van der Waals surface area contributed by atoms with Crippen LogP contribution in [-0.4, -0.2) is 22.8 Å². The first-order valence-electron chi connectivity index (χ1n) is 10.6. The summed E-state index contributed by atoms with van der Waals surface area (Å²) in [5.74, 6) is 0.384. The van der Waals surface area contributed by atoms with E-state index in [0.29, 0.717) is 18.4 Å². The normalized spacial score (nSPS) is 20.3. The van der Waals surface area contributed by atoms with Gasteiger partial charge < -0.3 is 9.15 Å². The number of aromatic nitrogens is 1. The van der Waals surface area contributed by atoms with Crippen molar-refractivity contribution in [2.24, 2.45) is 0 Å². The van der Waals surface area contributed by atoms with E-state index < -0.39 is 12.1 Å². The van der Waals surface area contributed by atoms with Crippen LogP contribution in [0, 0.1) is 0 Å². The Labute approximate surface area is 174 Å². The maximum Gasteiger partial charge on any atom is 0.339 e. The molecule has 1 fully saturated rings. The van der Waals surface area contributed by atoms with Crippen molar-refractivity contribution in [2.75, 3.05) is 0 Å². The molecule has 0 radical (unpaired) electrons. The molecule has 1 atom stereocenters. The van der Waals surface area contributed by atoms with E-state index in [-0.39, 0.29) is 5.78 Å². The molecule has 0 amide bonds. The number of benzene rings is 1. The highest BCUT2D eigenvalue weighted by molar-refractivity contribution is 6.07. The minimum absolute atomic E-state index is 0.0280. The van der Waals surface area contributed by atoms with Gasteiger partial charge in [-0.15, -0.1) is 0 Å². The lowest BCUT2D eigenvalue weighted by Gasteiger charge is -2.24. The average molecular weight is 401 g/mol. The molecule has 2 heterocycles. The third kappa shape index (κ3) is 3.45. The number of pyridine rings is 1. The maximum absolute atomic E-state index is 13.3. The Morgan fingerprint density at radius 1 is 1.07 bits per heavy atom. The third-order valence-corrected chi connectivity index (χ3v) is 5.98. The summed E-state index contributed by atoms with van der Waals surface area (Å²) in [7, 11) is 0. The summed E-state index contributed by atoms with van der Waals surface area (Å²) >= 11 is 0. The first-order valence-corrected chi connectivity index (χ1v) is 10.6. The topological polar surface area (TPSA) is 69.4 Å². The number of esters is 1. The van der Waals surface area contributed by atoms with Gasteiger partial charge >= 0.3 is 5.97 Å². The van der Waals surface area contributed by atoms with E-state index in [1.807, 2.05) is 42.5 Å². The zero-order valence-corrected chi connectivity index (χ0v) is 16.7. The molecular weight excluding hydrogens is 378 g/mol. The number of hydrogen-bond acceptors (Lipinski definition) is 5. The van der Waals surface area contributed by atoms with Crippen molar-refractivity contribution >= 4 is 34.3 Å². The SMILES string of the molecule is O=C(O[C@H]1CCCCC1=O)c1c2c(nc3ccccc13)C(=Cc1ccco1)CCC2. The van der Waals surface area contributed by atoms with E-state index in [0.717, 1.165) is 65.6 Å². The van der Waals surface area contributed by atoms with Crippen LogP contribution >= 0.6 is 0 Å². The molecular formula is C25H23NO4. The number of para-hydroxylation sites is 1. The number of Topliss-reactive ketones (excluding diaryl/α,β-unsaturated/α-hetero) is 1. The van der Waals surface area contributed by atoms with Crippen LogP contribution in [-0.2, 0) is 16.0 Å². The summed E-state index contributed by atoms with van der Waals surface area (Å²) in [4.78, 5) is 30.5. The van der Waals surface area contributed by atoms with Crippen LogP contribution in [0.4, 0.5) is 0 Å². The third-order valence-electron chi connectivity index (χ3n) is 5.98. The molecule has 5 heteroatoms. The van der Waals surface area contributed by atoms with E-state index in [1.54, 1.807) is 6.26 Å². The largest absolute Gasteiger partial charge is 0.465 e. The molecule has 1 aromatic carbocycles. The van der Waals surface area contributed by atoms with Crippen LogP contribution in [0.25, 0.3) is 22.6 Å². The summed E-state index contributed by atoms with van der Waals surface area (Å²) in [6.45, 7) is 0. The van der Waals surface area contributed by atoms with Crippen molar-refractivity contribution < 1.29 is 18.7 Å². The molecule has 0 bridgehead atoms. The molecule has 5 nitrogen and oxygen atoms in total. The van der Waals surface area contributed by atoms with E-state index in [9.17, 15) is 9.59 Å². The molecule has 0 spiro atoms. The molecule has 5 rings (SSSR count). The molecule has 0 unspecified atom stereocenters. The van der Waals surface area contributed by atoms with Gasteiger partial charge in [0, 0.05) is 11.8 Å². The molecule has 2 aromatic heterocycles. The van der Waals surface area contributed by atoms with Gasteiger partial charge in [-0.05, 0) is 73.9 Å². The second-order valence-electron chi connectivity index (χ2n) is 7.98.